The summed E-state index contributed by atoms with van der Waals surface area (Å²) in [5, 5.41) is 5.25. The summed E-state index contributed by atoms with van der Waals surface area (Å²) in [6.45, 7) is 3.00. The van der Waals surface area contributed by atoms with E-state index in [9.17, 15) is 4.79 Å². The molecule has 1 heterocycles. The van der Waals surface area contributed by atoms with Gasteiger partial charge in [0.05, 0.1) is 18.9 Å². The van der Waals surface area contributed by atoms with Gasteiger partial charge in [-0.25, -0.2) is 4.98 Å². The minimum Gasteiger partial charge on any atom is -0.382 e. The third-order valence-electron chi connectivity index (χ3n) is 3.07. The maximum absolute atomic E-state index is 11.7. The Hall–Kier alpha value is -1.76. The minimum atomic E-state index is -0.210. The molecule has 0 atom stereocenters. The van der Waals surface area contributed by atoms with Gasteiger partial charge in [0.25, 0.3) is 5.91 Å². The van der Waals surface area contributed by atoms with Gasteiger partial charge >= 0.3 is 0 Å². The van der Waals surface area contributed by atoms with Crippen molar-refractivity contribution in [1.82, 2.24) is 4.98 Å². The Morgan fingerprint density at radius 2 is 2.05 bits per heavy atom. The Morgan fingerprint density at radius 1 is 1.27 bits per heavy atom. The van der Waals surface area contributed by atoms with E-state index in [1.165, 1.54) is 16.9 Å². The van der Waals surface area contributed by atoms with Crippen LogP contribution in [-0.4, -0.2) is 37.8 Å². The molecule has 0 aliphatic rings. The van der Waals surface area contributed by atoms with Gasteiger partial charge in [0.2, 0.25) is 0 Å². The average molecular weight is 320 g/mol. The van der Waals surface area contributed by atoms with Crippen LogP contribution in [0.3, 0.4) is 0 Å². The minimum absolute atomic E-state index is 0.00344. The fraction of sp³-hybridized carbons (Fsp3) is 0.375. The zero-order valence-electron chi connectivity index (χ0n) is 12.8. The standard InChI is InChI=1S/C16H20N2O3S/c1-3-12-4-6-13(7-5-12)14-11-22-16(17-14)18-15(19)10-21-9-8-20-2/h4-7,11H,3,8-10H2,1-2H3,(H,17,18,19). The van der Waals surface area contributed by atoms with Crippen molar-refractivity contribution < 1.29 is 14.3 Å². The van der Waals surface area contributed by atoms with Gasteiger partial charge in [-0.3, -0.25) is 10.1 Å². The van der Waals surface area contributed by atoms with Crippen molar-refractivity contribution in [2.24, 2.45) is 0 Å². The van der Waals surface area contributed by atoms with Crippen molar-refractivity contribution in [2.75, 3.05) is 32.2 Å². The highest BCUT2D eigenvalue weighted by Crippen LogP contribution is 2.25. The number of nitrogens with zero attached hydrogens (tertiary/aromatic N) is 1. The summed E-state index contributed by atoms with van der Waals surface area (Å²) < 4.78 is 10.0. The first-order chi connectivity index (χ1) is 10.7. The first-order valence-electron chi connectivity index (χ1n) is 7.14. The van der Waals surface area contributed by atoms with E-state index < -0.39 is 0 Å². The topological polar surface area (TPSA) is 60.5 Å². The summed E-state index contributed by atoms with van der Waals surface area (Å²) in [6, 6.07) is 8.29. The van der Waals surface area contributed by atoms with Gasteiger partial charge in [0, 0.05) is 18.1 Å². The molecule has 6 heteroatoms. The molecule has 1 aromatic carbocycles. The first-order valence-corrected chi connectivity index (χ1v) is 8.02. The molecule has 0 aliphatic carbocycles. The third kappa shape index (κ3) is 4.91. The fourth-order valence-corrected chi connectivity index (χ4v) is 2.57. The highest BCUT2D eigenvalue weighted by atomic mass is 32.1. The van der Waals surface area contributed by atoms with Crippen LogP contribution in [0.15, 0.2) is 29.6 Å². The van der Waals surface area contributed by atoms with Crippen LogP contribution >= 0.6 is 11.3 Å². The normalized spacial score (nSPS) is 10.6. The van der Waals surface area contributed by atoms with Gasteiger partial charge in [-0.1, -0.05) is 31.2 Å². The van der Waals surface area contributed by atoms with Crippen LogP contribution in [0, 0.1) is 0 Å². The summed E-state index contributed by atoms with van der Waals surface area (Å²) in [5.74, 6) is -0.210. The van der Waals surface area contributed by atoms with Crippen LogP contribution in [0.1, 0.15) is 12.5 Å². The molecular weight excluding hydrogens is 300 g/mol. The van der Waals surface area contributed by atoms with Crippen LogP contribution in [0.4, 0.5) is 5.13 Å². The number of hydrogen-bond donors (Lipinski definition) is 1. The van der Waals surface area contributed by atoms with Crippen molar-refractivity contribution in [3.63, 3.8) is 0 Å². The van der Waals surface area contributed by atoms with Crippen LogP contribution in [0.5, 0.6) is 0 Å². The third-order valence-corrected chi connectivity index (χ3v) is 3.83. The molecule has 0 aliphatic heterocycles. The van der Waals surface area contributed by atoms with Crippen molar-refractivity contribution in [3.8, 4) is 11.3 Å². The van der Waals surface area contributed by atoms with E-state index in [-0.39, 0.29) is 12.5 Å². The predicted molar refractivity (Wildman–Crippen MR) is 88.3 cm³/mol. The molecule has 0 bridgehead atoms. The number of anilines is 1. The summed E-state index contributed by atoms with van der Waals surface area (Å²) >= 11 is 1.40. The van der Waals surface area contributed by atoms with Crippen LogP contribution in [-0.2, 0) is 20.7 Å². The number of aryl methyl sites for hydroxylation is 1. The molecule has 22 heavy (non-hydrogen) atoms. The van der Waals surface area contributed by atoms with Gasteiger partial charge in [0.1, 0.15) is 6.61 Å². The molecular formula is C16H20N2O3S. The van der Waals surface area contributed by atoms with E-state index in [1.54, 1.807) is 7.11 Å². The molecule has 118 valence electrons. The molecule has 0 saturated carbocycles. The van der Waals surface area contributed by atoms with Crippen molar-refractivity contribution in [2.45, 2.75) is 13.3 Å². The number of methoxy groups -OCH3 is 1. The van der Waals surface area contributed by atoms with Gasteiger partial charge in [-0.15, -0.1) is 11.3 Å². The molecule has 0 spiro atoms. The zero-order valence-corrected chi connectivity index (χ0v) is 13.6. The van der Waals surface area contributed by atoms with E-state index in [0.29, 0.717) is 18.3 Å². The number of amides is 1. The molecule has 5 nitrogen and oxygen atoms in total. The lowest BCUT2D eigenvalue weighted by molar-refractivity contribution is -0.121. The monoisotopic (exact) mass is 320 g/mol. The SMILES string of the molecule is CCc1ccc(-c2csc(NC(=O)COCCOC)n2)cc1. The molecule has 1 N–H and O–H groups in total. The Kier molecular flexibility index (Phi) is 6.51. The maximum atomic E-state index is 11.7. The number of ether oxygens (including phenoxy) is 2. The van der Waals surface area contributed by atoms with Crippen molar-refractivity contribution in [3.05, 3.63) is 35.2 Å². The van der Waals surface area contributed by atoms with Crippen molar-refractivity contribution in [1.29, 1.82) is 0 Å². The van der Waals surface area contributed by atoms with Crippen molar-refractivity contribution >= 4 is 22.4 Å². The average Bonchev–Trinajstić information content (AvgIpc) is 3.00. The second-order valence-electron chi connectivity index (χ2n) is 4.68. The lowest BCUT2D eigenvalue weighted by Crippen LogP contribution is -2.19. The highest BCUT2D eigenvalue weighted by molar-refractivity contribution is 7.14. The Morgan fingerprint density at radius 3 is 2.73 bits per heavy atom. The van der Waals surface area contributed by atoms with E-state index in [1.807, 2.05) is 17.5 Å². The molecule has 0 fully saturated rings. The smallest absolute Gasteiger partial charge is 0.252 e. The van der Waals surface area contributed by atoms with Gasteiger partial charge in [0.15, 0.2) is 5.13 Å². The number of aromatic nitrogens is 1. The lowest BCUT2D eigenvalue weighted by Gasteiger charge is -2.03. The second-order valence-corrected chi connectivity index (χ2v) is 5.54. The summed E-state index contributed by atoms with van der Waals surface area (Å²) in [6.07, 6.45) is 1.02. The van der Waals surface area contributed by atoms with Crippen LogP contribution in [0.2, 0.25) is 0 Å². The first kappa shape index (κ1) is 16.6. The second kappa shape index (κ2) is 8.63. The molecule has 2 aromatic rings. The van der Waals surface area contributed by atoms with Gasteiger partial charge in [-0.2, -0.15) is 0 Å². The fourth-order valence-electron chi connectivity index (χ4n) is 1.84. The molecule has 0 saturated heterocycles. The molecule has 2 rings (SSSR count). The van der Waals surface area contributed by atoms with Crippen LogP contribution in [0.25, 0.3) is 11.3 Å². The van der Waals surface area contributed by atoms with E-state index in [0.717, 1.165) is 17.7 Å². The number of nitrogens with one attached hydrogen (secondary N) is 1. The van der Waals surface area contributed by atoms with E-state index >= 15 is 0 Å². The number of carbonyl (C=O) groups excluding carboxylic acids is 1. The predicted octanol–water partition coefficient (Wildman–Crippen LogP) is 2.97. The molecule has 0 radical (unpaired) electrons. The Labute approximate surface area is 134 Å². The van der Waals surface area contributed by atoms with Gasteiger partial charge in [-0.05, 0) is 12.0 Å². The van der Waals surface area contributed by atoms with E-state index in [4.69, 9.17) is 9.47 Å². The number of rotatable bonds is 8. The Balaban J connectivity index is 1.89. The quantitative estimate of drug-likeness (QED) is 0.760. The summed E-state index contributed by atoms with van der Waals surface area (Å²) in [7, 11) is 1.59. The Bertz CT molecular complexity index is 596. The lowest BCUT2D eigenvalue weighted by atomic mass is 10.1. The summed E-state index contributed by atoms with van der Waals surface area (Å²) in [5.41, 5.74) is 3.20. The van der Waals surface area contributed by atoms with Crippen LogP contribution < -0.4 is 5.32 Å². The summed E-state index contributed by atoms with van der Waals surface area (Å²) in [4.78, 5) is 16.1. The number of thiazole rings is 1. The number of carbonyl (C=O) groups is 1. The van der Waals surface area contributed by atoms with E-state index in [2.05, 4.69) is 29.4 Å². The maximum Gasteiger partial charge on any atom is 0.252 e. The van der Waals surface area contributed by atoms with Gasteiger partial charge < -0.3 is 9.47 Å². The number of hydrogen-bond acceptors (Lipinski definition) is 5. The zero-order chi connectivity index (χ0) is 15.8. The highest BCUT2D eigenvalue weighted by Gasteiger charge is 2.08. The largest absolute Gasteiger partial charge is 0.382 e. The molecule has 1 amide bonds. The molecule has 0 unspecified atom stereocenters. The molecule has 1 aromatic heterocycles. The number of benzene rings is 1.